The van der Waals surface area contributed by atoms with E-state index in [0.29, 0.717) is 13.0 Å². The van der Waals surface area contributed by atoms with Gasteiger partial charge < -0.3 is 14.7 Å². The summed E-state index contributed by atoms with van der Waals surface area (Å²) in [6, 6.07) is 0. The largest absolute Gasteiger partial charge is 0.358 e. The molecule has 0 aromatic heterocycles. The van der Waals surface area contributed by atoms with Crippen LogP contribution in [0, 0.1) is 0 Å². The van der Waals surface area contributed by atoms with Gasteiger partial charge in [-0.15, -0.1) is 37.9 Å². The average molecular weight is 500 g/mol. The Hall–Kier alpha value is 1.25. The summed E-state index contributed by atoms with van der Waals surface area (Å²) in [4.78, 5) is 6.04. The van der Waals surface area contributed by atoms with Gasteiger partial charge in [0.2, 0.25) is 0 Å². The molecule has 0 aliphatic rings. The fourth-order valence-electron chi connectivity index (χ4n) is 1.48. The third-order valence-electron chi connectivity index (χ3n) is 3.10. The fraction of sp³-hybridized carbons (Fsp3) is 0.800. The topological polar surface area (TPSA) is 9.72 Å². The normalized spacial score (nSPS) is 8.52. The quantitative estimate of drug-likeness (QED) is 0.361. The molecule has 0 aliphatic carbocycles. The second-order valence-electron chi connectivity index (χ2n) is 4.36. The summed E-state index contributed by atoms with van der Waals surface area (Å²) in [6.07, 6.45) is 0. The first-order chi connectivity index (χ1) is 11.2. The van der Waals surface area contributed by atoms with E-state index in [0.717, 1.165) is 39.3 Å². The van der Waals surface area contributed by atoms with Gasteiger partial charge in [0.05, 0.1) is 0 Å². The molecule has 0 amide bonds. The molecule has 150 valence electrons. The summed E-state index contributed by atoms with van der Waals surface area (Å²) in [5, 5.41) is 0. The molecule has 3 nitrogen and oxygen atoms in total. The molecule has 0 rings (SSSR count). The van der Waals surface area contributed by atoms with Crippen LogP contribution in [0.3, 0.4) is 0 Å². The summed E-state index contributed by atoms with van der Waals surface area (Å²) in [7, 11) is 0. The third-order valence-corrected chi connectivity index (χ3v) is 4.73. The van der Waals surface area contributed by atoms with Crippen LogP contribution < -0.4 is 0 Å². The predicted octanol–water partition coefficient (Wildman–Crippen LogP) is 4.63. The summed E-state index contributed by atoms with van der Waals surface area (Å²) >= 11 is 26.4. The molecule has 10 heteroatoms. The number of rotatable bonds is 6. The zero-order chi connectivity index (χ0) is 19.7. The van der Waals surface area contributed by atoms with E-state index in [1.165, 1.54) is 0 Å². The van der Waals surface area contributed by atoms with Crippen molar-refractivity contribution in [1.29, 1.82) is 0 Å². The smallest absolute Gasteiger partial charge is 0.133 e. The van der Waals surface area contributed by atoms with Crippen LogP contribution in [0.25, 0.3) is 0 Å². The molecule has 0 atom stereocenters. The molecule has 0 aromatic carbocycles. The van der Waals surface area contributed by atoms with Crippen LogP contribution >= 0.6 is 74.5 Å². The second-order valence-corrected chi connectivity index (χ2v) is 7.70. The molecule has 0 saturated carbocycles. The molecular weight excluding hydrogens is 467 g/mol. The predicted molar refractivity (Wildman–Crippen MR) is 134 cm³/mol. The minimum absolute atomic E-state index is 0. The molecule has 0 saturated heterocycles. The Morgan fingerprint density at radius 2 is 0.640 bits per heavy atom. The van der Waals surface area contributed by atoms with Gasteiger partial charge >= 0.3 is 0 Å². The number of nitrogens with zero attached hydrogens (tertiary/aromatic N) is 3. The van der Waals surface area contributed by atoms with Crippen molar-refractivity contribution in [3.63, 3.8) is 0 Å². The van der Waals surface area contributed by atoms with E-state index in [1.807, 2.05) is 14.7 Å². The Bertz CT molecular complexity index is 294. The first-order valence-electron chi connectivity index (χ1n) is 8.09. The fourth-order valence-corrected chi connectivity index (χ4v) is 3.11. The van der Waals surface area contributed by atoms with Crippen LogP contribution in [0.15, 0.2) is 0 Å². The van der Waals surface area contributed by atoms with Gasteiger partial charge in [0.25, 0.3) is 0 Å². The SMILES string of the molecule is CCN(CC)C(=S)S.CCN(CC)C(=S)S.CCN(CC)C(=S)S.[Cr]. The number of thiocarbonyl (C=S) groups is 3. The molecule has 0 radical (unpaired) electrons. The number of thiol groups is 3. The molecule has 0 bridgehead atoms. The Labute approximate surface area is 199 Å². The minimum Gasteiger partial charge on any atom is -0.358 e. The zero-order valence-corrected chi connectivity index (χ0v) is 22.5. The Morgan fingerprint density at radius 1 is 0.520 bits per heavy atom. The molecule has 0 fully saturated rings. The average Bonchev–Trinajstić information content (AvgIpc) is 2.51. The third kappa shape index (κ3) is 21.4. The molecular formula is C15H33CrN3S6. The Morgan fingerprint density at radius 3 is 0.640 bits per heavy atom. The van der Waals surface area contributed by atoms with Gasteiger partial charge in [-0.1, -0.05) is 36.7 Å². The van der Waals surface area contributed by atoms with Gasteiger partial charge in [-0.2, -0.15) is 0 Å². The van der Waals surface area contributed by atoms with E-state index in [4.69, 9.17) is 36.7 Å². The first kappa shape index (κ1) is 33.8. The molecule has 25 heavy (non-hydrogen) atoms. The monoisotopic (exact) mass is 499 g/mol. The van der Waals surface area contributed by atoms with Crippen LogP contribution in [-0.4, -0.2) is 66.9 Å². The van der Waals surface area contributed by atoms with Crippen molar-refractivity contribution in [2.24, 2.45) is 0 Å². The molecule has 0 spiro atoms. The zero-order valence-electron chi connectivity index (χ0n) is 16.1. The molecule has 0 heterocycles. The maximum absolute atomic E-state index is 4.81. The second kappa shape index (κ2) is 23.3. The first-order valence-corrected chi connectivity index (χ1v) is 10.7. The number of hydrogen-bond acceptors (Lipinski definition) is 3. The summed E-state index contributed by atoms with van der Waals surface area (Å²) in [6.45, 7) is 18.1. The maximum Gasteiger partial charge on any atom is 0.133 e. The van der Waals surface area contributed by atoms with Crippen molar-refractivity contribution in [2.45, 2.75) is 41.5 Å². The molecule has 0 aromatic rings. The van der Waals surface area contributed by atoms with Crippen molar-refractivity contribution in [2.75, 3.05) is 39.3 Å². The minimum atomic E-state index is 0. The summed E-state index contributed by atoms with van der Waals surface area (Å²) in [5.74, 6) is 0. The van der Waals surface area contributed by atoms with Crippen LogP contribution in [0.5, 0.6) is 0 Å². The molecule has 0 N–H and O–H groups in total. The van der Waals surface area contributed by atoms with Crippen molar-refractivity contribution >= 4 is 87.5 Å². The van der Waals surface area contributed by atoms with Gasteiger partial charge in [-0.05, 0) is 41.5 Å². The van der Waals surface area contributed by atoms with Crippen molar-refractivity contribution in [1.82, 2.24) is 14.7 Å². The van der Waals surface area contributed by atoms with E-state index < -0.39 is 0 Å². The van der Waals surface area contributed by atoms with Gasteiger partial charge in [0, 0.05) is 56.6 Å². The van der Waals surface area contributed by atoms with E-state index in [9.17, 15) is 0 Å². The van der Waals surface area contributed by atoms with E-state index in [-0.39, 0.29) is 17.4 Å². The van der Waals surface area contributed by atoms with E-state index >= 15 is 0 Å². The van der Waals surface area contributed by atoms with Crippen LogP contribution in [-0.2, 0) is 17.4 Å². The van der Waals surface area contributed by atoms with E-state index in [1.54, 1.807) is 0 Å². The van der Waals surface area contributed by atoms with Gasteiger partial charge in [0.15, 0.2) is 0 Å². The van der Waals surface area contributed by atoms with Crippen LogP contribution in [0.1, 0.15) is 41.5 Å². The Balaban J connectivity index is -0.000000130. The van der Waals surface area contributed by atoms with Gasteiger partial charge in [-0.25, -0.2) is 0 Å². The number of hydrogen-bond donors (Lipinski definition) is 3. The van der Waals surface area contributed by atoms with Crippen LogP contribution in [0.4, 0.5) is 0 Å². The van der Waals surface area contributed by atoms with Crippen molar-refractivity contribution in [3.8, 4) is 0 Å². The Kier molecular flexibility index (Phi) is 31.5. The van der Waals surface area contributed by atoms with Crippen LogP contribution in [0.2, 0.25) is 0 Å². The standard InChI is InChI=1S/3C5H11NS2.Cr/c3*1-3-6(4-2)5(7)8;/h3*3-4H2,1-2H3,(H,7,8);. The van der Waals surface area contributed by atoms with Crippen molar-refractivity contribution < 1.29 is 17.4 Å². The summed E-state index contributed by atoms with van der Waals surface area (Å²) in [5.41, 5.74) is 0. The van der Waals surface area contributed by atoms with Crippen molar-refractivity contribution in [3.05, 3.63) is 0 Å². The summed E-state index contributed by atoms with van der Waals surface area (Å²) < 4.78 is 2.07. The van der Waals surface area contributed by atoms with Gasteiger partial charge in [0.1, 0.15) is 13.0 Å². The molecule has 0 unspecified atom stereocenters. The van der Waals surface area contributed by atoms with E-state index in [2.05, 4.69) is 79.4 Å². The maximum atomic E-state index is 4.81. The van der Waals surface area contributed by atoms with Gasteiger partial charge in [-0.3, -0.25) is 0 Å². The molecule has 0 aliphatic heterocycles.